The van der Waals surface area contributed by atoms with E-state index in [9.17, 15) is 24.5 Å². The van der Waals surface area contributed by atoms with E-state index in [-0.39, 0.29) is 11.7 Å². The van der Waals surface area contributed by atoms with Crippen molar-refractivity contribution in [1.29, 1.82) is 0 Å². The first-order valence-electron chi connectivity index (χ1n) is 6.74. The van der Waals surface area contributed by atoms with Gasteiger partial charge in [0.15, 0.2) is 0 Å². The van der Waals surface area contributed by atoms with E-state index in [0.29, 0.717) is 4.90 Å². The summed E-state index contributed by atoms with van der Waals surface area (Å²) in [5.74, 6) is -0.761. The first kappa shape index (κ1) is 17.2. The van der Waals surface area contributed by atoms with Gasteiger partial charge in [-0.05, 0) is 24.3 Å². The SMILES string of the molecule is CC(=O)N[C@H]1[C@@H](O)[C@H](O)[C@@H](CO)O[C@H]1Sc1ccc(F)cc1. The van der Waals surface area contributed by atoms with E-state index in [1.165, 1.54) is 19.1 Å². The largest absolute Gasteiger partial charge is 0.394 e. The highest BCUT2D eigenvalue weighted by Crippen LogP contribution is 2.33. The molecule has 1 heterocycles. The summed E-state index contributed by atoms with van der Waals surface area (Å²) in [4.78, 5) is 12.0. The van der Waals surface area contributed by atoms with Gasteiger partial charge in [-0.3, -0.25) is 4.79 Å². The molecular weight excluding hydrogens is 313 g/mol. The van der Waals surface area contributed by atoms with Crippen molar-refractivity contribution < 1.29 is 29.2 Å². The number of nitrogens with one attached hydrogen (secondary N) is 1. The number of hydrogen-bond donors (Lipinski definition) is 4. The molecule has 1 amide bonds. The van der Waals surface area contributed by atoms with Gasteiger partial charge in [-0.2, -0.15) is 0 Å². The zero-order chi connectivity index (χ0) is 16.3. The smallest absolute Gasteiger partial charge is 0.217 e. The van der Waals surface area contributed by atoms with Gasteiger partial charge >= 0.3 is 0 Å². The Kier molecular flexibility index (Phi) is 5.76. The van der Waals surface area contributed by atoms with Crippen LogP contribution in [0.5, 0.6) is 0 Å². The van der Waals surface area contributed by atoms with Gasteiger partial charge in [-0.25, -0.2) is 4.39 Å². The molecule has 0 spiro atoms. The number of hydrogen-bond acceptors (Lipinski definition) is 6. The van der Waals surface area contributed by atoms with Crippen LogP contribution < -0.4 is 5.32 Å². The van der Waals surface area contributed by atoms with Crippen LogP contribution in [0.15, 0.2) is 29.2 Å². The quantitative estimate of drug-likeness (QED) is 0.613. The molecule has 6 nitrogen and oxygen atoms in total. The van der Waals surface area contributed by atoms with Crippen LogP contribution in [-0.2, 0) is 9.53 Å². The van der Waals surface area contributed by atoms with Crippen LogP contribution >= 0.6 is 11.8 Å². The summed E-state index contributed by atoms with van der Waals surface area (Å²) in [7, 11) is 0. The fourth-order valence-electron chi connectivity index (χ4n) is 2.22. The van der Waals surface area contributed by atoms with Crippen molar-refractivity contribution in [2.24, 2.45) is 0 Å². The van der Waals surface area contributed by atoms with Crippen molar-refractivity contribution in [3.8, 4) is 0 Å². The summed E-state index contributed by atoms with van der Waals surface area (Å²) >= 11 is 1.16. The fraction of sp³-hybridized carbons (Fsp3) is 0.500. The predicted molar refractivity (Wildman–Crippen MR) is 77.6 cm³/mol. The molecule has 0 unspecified atom stereocenters. The zero-order valence-corrected chi connectivity index (χ0v) is 12.7. The summed E-state index contributed by atoms with van der Waals surface area (Å²) in [6.45, 7) is 0.822. The van der Waals surface area contributed by atoms with Gasteiger partial charge < -0.3 is 25.4 Å². The minimum Gasteiger partial charge on any atom is -0.394 e. The zero-order valence-electron chi connectivity index (χ0n) is 11.8. The highest BCUT2D eigenvalue weighted by Gasteiger charge is 2.45. The highest BCUT2D eigenvalue weighted by atomic mass is 32.2. The molecule has 2 rings (SSSR count). The number of aliphatic hydroxyl groups is 3. The number of aliphatic hydroxyl groups excluding tert-OH is 3. The van der Waals surface area contributed by atoms with E-state index in [1.807, 2.05) is 0 Å². The van der Waals surface area contributed by atoms with Gasteiger partial charge in [0, 0.05) is 11.8 Å². The average molecular weight is 331 g/mol. The molecule has 1 aromatic rings. The third kappa shape index (κ3) is 3.96. The van der Waals surface area contributed by atoms with Crippen LogP contribution in [0.2, 0.25) is 0 Å². The molecule has 0 saturated carbocycles. The third-order valence-corrected chi connectivity index (χ3v) is 4.50. The maximum absolute atomic E-state index is 12.9. The predicted octanol–water partition coefficient (Wildman–Crippen LogP) is -0.139. The third-order valence-electron chi connectivity index (χ3n) is 3.32. The summed E-state index contributed by atoms with van der Waals surface area (Å²) in [6, 6.07) is 4.80. The van der Waals surface area contributed by atoms with Gasteiger partial charge in [0.2, 0.25) is 5.91 Å². The second-order valence-electron chi connectivity index (χ2n) is 5.00. The molecule has 0 aliphatic carbocycles. The molecule has 1 aliphatic rings. The van der Waals surface area contributed by atoms with Crippen molar-refractivity contribution in [3.05, 3.63) is 30.1 Å². The minimum absolute atomic E-state index is 0.379. The topological polar surface area (TPSA) is 99.0 Å². The van der Waals surface area contributed by atoms with Crippen molar-refractivity contribution in [2.75, 3.05) is 6.61 Å². The Morgan fingerprint density at radius 1 is 1.32 bits per heavy atom. The lowest BCUT2D eigenvalue weighted by molar-refractivity contribution is -0.173. The number of carbonyl (C=O) groups excluding carboxylic acids is 1. The van der Waals surface area contributed by atoms with Gasteiger partial charge in [0.05, 0.1) is 12.6 Å². The molecule has 5 atom stereocenters. The van der Waals surface area contributed by atoms with Crippen LogP contribution in [0.25, 0.3) is 0 Å². The number of carbonyl (C=O) groups is 1. The monoisotopic (exact) mass is 331 g/mol. The first-order chi connectivity index (χ1) is 10.4. The Labute approximate surface area is 131 Å². The molecule has 4 N–H and O–H groups in total. The number of halogens is 1. The molecule has 1 saturated heterocycles. The number of ether oxygens (including phenoxy) is 1. The maximum atomic E-state index is 12.9. The second-order valence-corrected chi connectivity index (χ2v) is 6.18. The van der Waals surface area contributed by atoms with Crippen molar-refractivity contribution in [3.63, 3.8) is 0 Å². The van der Waals surface area contributed by atoms with Gasteiger partial charge in [0.1, 0.15) is 29.6 Å². The van der Waals surface area contributed by atoms with E-state index < -0.39 is 36.4 Å². The molecule has 8 heteroatoms. The summed E-state index contributed by atoms with van der Waals surface area (Å²) < 4.78 is 18.5. The molecule has 1 fully saturated rings. The summed E-state index contributed by atoms with van der Waals surface area (Å²) in [6.07, 6.45) is -3.56. The Morgan fingerprint density at radius 3 is 2.50 bits per heavy atom. The van der Waals surface area contributed by atoms with Crippen LogP contribution in [0, 0.1) is 5.82 Å². The van der Waals surface area contributed by atoms with Crippen molar-refractivity contribution in [1.82, 2.24) is 5.32 Å². The maximum Gasteiger partial charge on any atom is 0.217 e. The van der Waals surface area contributed by atoms with Gasteiger partial charge in [-0.1, -0.05) is 11.8 Å². The summed E-state index contributed by atoms with van der Waals surface area (Å²) in [5, 5.41) is 31.8. The van der Waals surface area contributed by atoms with Crippen LogP contribution in [-0.4, -0.2) is 57.6 Å². The Bertz CT molecular complexity index is 514. The molecule has 122 valence electrons. The van der Waals surface area contributed by atoms with E-state index >= 15 is 0 Å². The van der Waals surface area contributed by atoms with Crippen molar-refractivity contribution in [2.45, 2.75) is 41.6 Å². The molecular formula is C14H18FNO5S. The van der Waals surface area contributed by atoms with E-state index in [0.717, 1.165) is 11.8 Å². The Morgan fingerprint density at radius 2 is 1.95 bits per heavy atom. The number of benzene rings is 1. The molecule has 1 aliphatic heterocycles. The first-order valence-corrected chi connectivity index (χ1v) is 7.62. The highest BCUT2D eigenvalue weighted by molar-refractivity contribution is 7.99. The molecule has 0 aromatic heterocycles. The number of amides is 1. The Balaban J connectivity index is 2.18. The lowest BCUT2D eigenvalue weighted by Crippen LogP contribution is -2.63. The number of rotatable bonds is 4. The molecule has 0 bridgehead atoms. The minimum atomic E-state index is -1.31. The van der Waals surface area contributed by atoms with E-state index in [4.69, 9.17) is 4.74 Å². The normalized spacial score (nSPS) is 31.8. The van der Waals surface area contributed by atoms with Gasteiger partial charge in [0.25, 0.3) is 0 Å². The van der Waals surface area contributed by atoms with Crippen LogP contribution in [0.4, 0.5) is 4.39 Å². The summed E-state index contributed by atoms with van der Waals surface area (Å²) in [5.41, 5.74) is -0.732. The average Bonchev–Trinajstić information content (AvgIpc) is 2.48. The molecule has 22 heavy (non-hydrogen) atoms. The standard InChI is InChI=1S/C14H18FNO5S/c1-7(18)16-11-13(20)12(19)10(6-17)21-14(11)22-9-4-2-8(15)3-5-9/h2-5,10-14,17,19-20H,6H2,1H3,(H,16,18)/t10-,11+,12-,13-,14+/m1/s1. The van der Waals surface area contributed by atoms with Gasteiger partial charge in [-0.15, -0.1) is 0 Å². The molecule has 0 radical (unpaired) electrons. The number of thioether (sulfide) groups is 1. The lowest BCUT2D eigenvalue weighted by Gasteiger charge is -2.42. The van der Waals surface area contributed by atoms with Crippen LogP contribution in [0.1, 0.15) is 6.92 Å². The fourth-order valence-corrected chi connectivity index (χ4v) is 3.35. The second kappa shape index (κ2) is 7.38. The lowest BCUT2D eigenvalue weighted by atomic mass is 9.98. The molecule has 1 aromatic carbocycles. The van der Waals surface area contributed by atoms with Crippen LogP contribution in [0.3, 0.4) is 0 Å². The van der Waals surface area contributed by atoms with E-state index in [2.05, 4.69) is 5.32 Å². The van der Waals surface area contributed by atoms with E-state index in [1.54, 1.807) is 12.1 Å². The Hall–Kier alpha value is -1.19. The van der Waals surface area contributed by atoms with Crippen molar-refractivity contribution >= 4 is 17.7 Å².